The van der Waals surface area contributed by atoms with Crippen molar-refractivity contribution in [3.8, 4) is 0 Å². The topological polar surface area (TPSA) is 90.6 Å². The van der Waals surface area contributed by atoms with E-state index in [0.717, 1.165) is 0 Å². The van der Waals surface area contributed by atoms with Gasteiger partial charge in [-0.15, -0.1) is 6.58 Å². The van der Waals surface area contributed by atoms with Crippen LogP contribution in [-0.4, -0.2) is 44.8 Å². The second kappa shape index (κ2) is 7.95. The van der Waals surface area contributed by atoms with Gasteiger partial charge in [-0.25, -0.2) is 4.79 Å². The van der Waals surface area contributed by atoms with Gasteiger partial charge in [0.1, 0.15) is 0 Å². The van der Waals surface area contributed by atoms with E-state index in [1.54, 1.807) is 6.08 Å². The lowest BCUT2D eigenvalue weighted by molar-refractivity contribution is -0.146. The summed E-state index contributed by atoms with van der Waals surface area (Å²) in [5.41, 5.74) is 5.10. The molecule has 0 rings (SSSR count). The van der Waals surface area contributed by atoms with Gasteiger partial charge in [-0.3, -0.25) is 4.79 Å². The molecule has 0 fully saturated rings. The molecular formula is C9H16N2O4. The van der Waals surface area contributed by atoms with Gasteiger partial charge < -0.3 is 20.5 Å². The zero-order valence-corrected chi connectivity index (χ0v) is 8.69. The number of methoxy groups -OCH3 is 1. The maximum Gasteiger partial charge on any atom is 0.330 e. The number of nitrogens with one attached hydrogen (secondary N) is 1. The van der Waals surface area contributed by atoms with Crippen LogP contribution in [0.15, 0.2) is 12.7 Å². The summed E-state index contributed by atoms with van der Waals surface area (Å²) >= 11 is 0. The Morgan fingerprint density at radius 3 is 2.73 bits per heavy atom. The van der Waals surface area contributed by atoms with Gasteiger partial charge in [0.25, 0.3) is 0 Å². The molecule has 15 heavy (non-hydrogen) atoms. The number of rotatable bonds is 7. The maximum absolute atomic E-state index is 11.2. The fourth-order valence-electron chi connectivity index (χ4n) is 0.833. The van der Waals surface area contributed by atoms with Gasteiger partial charge in [0.2, 0.25) is 5.91 Å². The maximum atomic E-state index is 11.2. The van der Waals surface area contributed by atoms with Crippen LogP contribution in [0.2, 0.25) is 0 Å². The summed E-state index contributed by atoms with van der Waals surface area (Å²) in [4.78, 5) is 22.1. The van der Waals surface area contributed by atoms with Crippen LogP contribution in [0.25, 0.3) is 0 Å². The molecule has 1 atom stereocenters. The molecule has 0 aliphatic carbocycles. The first kappa shape index (κ1) is 13.6. The molecular weight excluding hydrogens is 200 g/mol. The Bertz CT molecular complexity index is 230. The molecule has 6 nitrogen and oxygen atoms in total. The third-order valence-corrected chi connectivity index (χ3v) is 1.53. The molecule has 1 unspecified atom stereocenters. The standard InChI is InChI=1S/C9H16N2O4/c1-3-4-15-6-7(9(13)14-2)11-8(12)5-10/h3,7H,1,4-6,10H2,2H3,(H,11,12). The van der Waals surface area contributed by atoms with Crippen LogP contribution in [0.4, 0.5) is 0 Å². The van der Waals surface area contributed by atoms with Gasteiger partial charge in [-0.1, -0.05) is 6.08 Å². The molecule has 0 aromatic carbocycles. The van der Waals surface area contributed by atoms with E-state index in [1.807, 2.05) is 0 Å². The Morgan fingerprint density at radius 2 is 2.27 bits per heavy atom. The Kier molecular flexibility index (Phi) is 7.21. The van der Waals surface area contributed by atoms with Gasteiger partial charge in [0.05, 0.1) is 26.9 Å². The second-order valence-corrected chi connectivity index (χ2v) is 2.67. The average Bonchev–Trinajstić information content (AvgIpc) is 2.26. The van der Waals surface area contributed by atoms with Crippen LogP contribution in [-0.2, 0) is 19.1 Å². The zero-order valence-electron chi connectivity index (χ0n) is 8.69. The summed E-state index contributed by atoms with van der Waals surface area (Å²) in [6, 6.07) is -0.828. The lowest BCUT2D eigenvalue weighted by atomic mass is 10.3. The van der Waals surface area contributed by atoms with Crippen molar-refractivity contribution in [3.05, 3.63) is 12.7 Å². The highest BCUT2D eigenvalue weighted by molar-refractivity contribution is 5.85. The Labute approximate surface area is 88.4 Å². The van der Waals surface area contributed by atoms with Crippen LogP contribution in [0.3, 0.4) is 0 Å². The fraction of sp³-hybridized carbons (Fsp3) is 0.556. The Morgan fingerprint density at radius 1 is 1.60 bits per heavy atom. The molecule has 0 aliphatic rings. The zero-order chi connectivity index (χ0) is 11.7. The van der Waals surface area contributed by atoms with Crippen molar-refractivity contribution >= 4 is 11.9 Å². The van der Waals surface area contributed by atoms with Crippen LogP contribution in [0.1, 0.15) is 0 Å². The lowest BCUT2D eigenvalue weighted by Crippen LogP contribution is -2.46. The van der Waals surface area contributed by atoms with Crippen molar-refractivity contribution in [2.24, 2.45) is 5.73 Å². The fourth-order valence-corrected chi connectivity index (χ4v) is 0.833. The normalized spacial score (nSPS) is 11.6. The van der Waals surface area contributed by atoms with E-state index in [1.165, 1.54) is 7.11 Å². The molecule has 0 saturated heterocycles. The molecule has 6 heteroatoms. The number of carbonyl (C=O) groups is 2. The largest absolute Gasteiger partial charge is 0.467 e. The first-order valence-electron chi connectivity index (χ1n) is 4.41. The summed E-state index contributed by atoms with van der Waals surface area (Å²) < 4.78 is 9.53. The lowest BCUT2D eigenvalue weighted by Gasteiger charge is -2.15. The van der Waals surface area contributed by atoms with Crippen molar-refractivity contribution in [1.82, 2.24) is 5.32 Å². The van der Waals surface area contributed by atoms with Crippen LogP contribution in [0.5, 0.6) is 0 Å². The van der Waals surface area contributed by atoms with Gasteiger partial charge in [-0.05, 0) is 0 Å². The SMILES string of the molecule is C=CCOCC(NC(=O)CN)C(=O)OC. The van der Waals surface area contributed by atoms with Crippen molar-refractivity contribution in [2.75, 3.05) is 26.9 Å². The summed E-state index contributed by atoms with van der Waals surface area (Å²) in [6.07, 6.45) is 1.54. The van der Waals surface area contributed by atoms with E-state index in [9.17, 15) is 9.59 Å². The third-order valence-electron chi connectivity index (χ3n) is 1.53. The molecule has 3 N–H and O–H groups in total. The number of amides is 1. The minimum absolute atomic E-state index is 0.0322. The van der Waals surface area contributed by atoms with Crippen molar-refractivity contribution < 1.29 is 19.1 Å². The molecule has 0 bridgehead atoms. The molecule has 0 aromatic heterocycles. The van der Waals surface area contributed by atoms with Crippen LogP contribution in [0, 0.1) is 0 Å². The molecule has 1 amide bonds. The van der Waals surface area contributed by atoms with Crippen molar-refractivity contribution in [3.63, 3.8) is 0 Å². The Hall–Kier alpha value is -1.40. The van der Waals surface area contributed by atoms with E-state index in [-0.39, 0.29) is 13.2 Å². The number of ether oxygens (including phenoxy) is 2. The highest BCUT2D eigenvalue weighted by Gasteiger charge is 2.20. The molecule has 0 radical (unpaired) electrons. The van der Waals surface area contributed by atoms with Gasteiger partial charge >= 0.3 is 5.97 Å². The molecule has 86 valence electrons. The predicted octanol–water partition coefficient (Wildman–Crippen LogP) is -1.19. The summed E-state index contributed by atoms with van der Waals surface area (Å²) in [6.45, 7) is 3.60. The van der Waals surface area contributed by atoms with E-state index in [0.29, 0.717) is 6.61 Å². The summed E-state index contributed by atoms with van der Waals surface area (Å²) in [5.74, 6) is -1.01. The minimum atomic E-state index is -0.828. The molecule has 0 heterocycles. The van der Waals surface area contributed by atoms with Gasteiger partial charge in [-0.2, -0.15) is 0 Å². The highest BCUT2D eigenvalue weighted by Crippen LogP contribution is 1.90. The smallest absolute Gasteiger partial charge is 0.330 e. The predicted molar refractivity (Wildman–Crippen MR) is 54.0 cm³/mol. The van der Waals surface area contributed by atoms with E-state index in [2.05, 4.69) is 16.6 Å². The van der Waals surface area contributed by atoms with E-state index >= 15 is 0 Å². The number of hydrogen-bond acceptors (Lipinski definition) is 5. The monoisotopic (exact) mass is 216 g/mol. The average molecular weight is 216 g/mol. The van der Waals surface area contributed by atoms with Crippen molar-refractivity contribution in [2.45, 2.75) is 6.04 Å². The molecule has 0 saturated carbocycles. The number of nitrogens with two attached hydrogens (primary N) is 1. The first-order valence-corrected chi connectivity index (χ1v) is 4.41. The van der Waals surface area contributed by atoms with Gasteiger partial charge in [0, 0.05) is 0 Å². The number of esters is 1. The summed E-state index contributed by atoms with van der Waals surface area (Å²) in [7, 11) is 1.23. The van der Waals surface area contributed by atoms with Crippen molar-refractivity contribution in [1.29, 1.82) is 0 Å². The minimum Gasteiger partial charge on any atom is -0.467 e. The molecule has 0 aromatic rings. The molecule has 0 aliphatic heterocycles. The van der Waals surface area contributed by atoms with Crippen LogP contribution < -0.4 is 11.1 Å². The van der Waals surface area contributed by atoms with E-state index in [4.69, 9.17) is 10.5 Å². The number of hydrogen-bond donors (Lipinski definition) is 2. The van der Waals surface area contributed by atoms with E-state index < -0.39 is 17.9 Å². The first-order chi connectivity index (χ1) is 7.15. The van der Waals surface area contributed by atoms with Gasteiger partial charge in [0.15, 0.2) is 6.04 Å². The Balaban J connectivity index is 4.11. The third kappa shape index (κ3) is 5.82. The second-order valence-electron chi connectivity index (χ2n) is 2.67. The highest BCUT2D eigenvalue weighted by atomic mass is 16.5. The summed E-state index contributed by atoms with van der Waals surface area (Å²) in [5, 5.41) is 2.38. The number of carbonyl (C=O) groups excluding carboxylic acids is 2. The quantitative estimate of drug-likeness (QED) is 0.317. The van der Waals surface area contributed by atoms with Crippen LogP contribution >= 0.6 is 0 Å². The molecule has 0 spiro atoms.